The molecular weight excluding hydrogens is 367 g/mol. The monoisotopic (exact) mass is 382 g/mol. The molecule has 2 aromatic rings. The molecular formula is C15H15IN2O2. The van der Waals surface area contributed by atoms with E-state index in [0.717, 1.165) is 18.8 Å². The number of halogens is 1. The molecule has 0 fully saturated rings. The number of rotatable bonds is 5. The summed E-state index contributed by atoms with van der Waals surface area (Å²) in [6, 6.07) is 15.4. The van der Waals surface area contributed by atoms with Gasteiger partial charge in [0.25, 0.3) is 5.69 Å². The Bertz CT molecular complexity index is 602. The van der Waals surface area contributed by atoms with Crippen LogP contribution < -0.4 is 4.90 Å². The minimum absolute atomic E-state index is 0.158. The van der Waals surface area contributed by atoms with Gasteiger partial charge in [0.15, 0.2) is 0 Å². The number of nitro groups is 1. The van der Waals surface area contributed by atoms with Crippen LogP contribution in [0, 0.1) is 13.7 Å². The third-order valence-corrected chi connectivity index (χ3v) is 3.96. The molecule has 0 heterocycles. The predicted molar refractivity (Wildman–Crippen MR) is 89.0 cm³/mol. The van der Waals surface area contributed by atoms with Gasteiger partial charge in [0.2, 0.25) is 0 Å². The van der Waals surface area contributed by atoms with Gasteiger partial charge in [-0.25, -0.2) is 0 Å². The first-order chi connectivity index (χ1) is 9.61. The number of benzene rings is 2. The molecule has 20 heavy (non-hydrogen) atoms. The molecule has 0 atom stereocenters. The van der Waals surface area contributed by atoms with Crippen LogP contribution >= 0.6 is 22.6 Å². The zero-order valence-corrected chi connectivity index (χ0v) is 13.3. The minimum Gasteiger partial charge on any atom is -0.367 e. The number of hydrogen-bond donors (Lipinski definition) is 0. The SMILES string of the molecule is CCN(Cc1ccccc1)c1ccc([N+](=O)[O-])c(I)c1. The van der Waals surface area contributed by atoms with E-state index in [4.69, 9.17) is 0 Å². The summed E-state index contributed by atoms with van der Waals surface area (Å²) in [6.07, 6.45) is 0. The Morgan fingerprint density at radius 1 is 1.20 bits per heavy atom. The molecule has 2 rings (SSSR count). The van der Waals surface area contributed by atoms with Crippen LogP contribution in [0.2, 0.25) is 0 Å². The third kappa shape index (κ3) is 3.47. The maximum atomic E-state index is 10.9. The number of anilines is 1. The van der Waals surface area contributed by atoms with Crippen LogP contribution in [0.15, 0.2) is 48.5 Å². The van der Waals surface area contributed by atoms with Crippen molar-refractivity contribution in [3.05, 3.63) is 67.8 Å². The third-order valence-electron chi connectivity index (χ3n) is 3.09. The lowest BCUT2D eigenvalue weighted by molar-refractivity contribution is -0.385. The van der Waals surface area contributed by atoms with Crippen molar-refractivity contribution in [3.8, 4) is 0 Å². The maximum Gasteiger partial charge on any atom is 0.282 e. The molecule has 104 valence electrons. The fourth-order valence-corrected chi connectivity index (χ4v) is 2.73. The Hall–Kier alpha value is -1.63. The Morgan fingerprint density at radius 3 is 2.45 bits per heavy atom. The second-order valence-corrected chi connectivity index (χ2v) is 5.55. The van der Waals surface area contributed by atoms with E-state index in [0.29, 0.717) is 3.57 Å². The standard InChI is InChI=1S/C15H15IN2O2/c1-2-17(11-12-6-4-3-5-7-12)13-8-9-15(18(19)20)14(16)10-13/h3-10H,2,11H2,1H3. The molecule has 0 saturated heterocycles. The van der Waals surface area contributed by atoms with Gasteiger partial charge in [0, 0.05) is 24.8 Å². The van der Waals surface area contributed by atoms with Crippen LogP contribution in [-0.4, -0.2) is 11.5 Å². The molecule has 5 heteroatoms. The minimum atomic E-state index is -0.348. The van der Waals surface area contributed by atoms with Crippen LogP contribution in [0.25, 0.3) is 0 Å². The largest absolute Gasteiger partial charge is 0.367 e. The summed E-state index contributed by atoms with van der Waals surface area (Å²) in [5.74, 6) is 0. The quantitative estimate of drug-likeness (QED) is 0.442. The average Bonchev–Trinajstić information content (AvgIpc) is 2.45. The van der Waals surface area contributed by atoms with Gasteiger partial charge in [-0.2, -0.15) is 0 Å². The molecule has 0 aliphatic rings. The summed E-state index contributed by atoms with van der Waals surface area (Å²) in [6.45, 7) is 3.73. The highest BCUT2D eigenvalue weighted by atomic mass is 127. The molecule has 0 amide bonds. The normalized spacial score (nSPS) is 10.3. The van der Waals surface area contributed by atoms with Crippen molar-refractivity contribution >= 4 is 34.0 Å². The molecule has 0 unspecified atom stereocenters. The Morgan fingerprint density at radius 2 is 1.90 bits per heavy atom. The highest BCUT2D eigenvalue weighted by Gasteiger charge is 2.14. The van der Waals surface area contributed by atoms with E-state index in [1.54, 1.807) is 6.07 Å². The van der Waals surface area contributed by atoms with Crippen molar-refractivity contribution in [1.29, 1.82) is 0 Å². The molecule has 0 spiro atoms. The fraction of sp³-hybridized carbons (Fsp3) is 0.200. The van der Waals surface area contributed by atoms with E-state index < -0.39 is 0 Å². The van der Waals surface area contributed by atoms with E-state index in [1.165, 1.54) is 5.56 Å². The van der Waals surface area contributed by atoms with Crippen LogP contribution in [-0.2, 0) is 6.54 Å². The Kier molecular flexibility index (Phi) is 4.94. The van der Waals surface area contributed by atoms with Crippen LogP contribution in [0.1, 0.15) is 12.5 Å². The highest BCUT2D eigenvalue weighted by molar-refractivity contribution is 14.1. The van der Waals surface area contributed by atoms with Crippen LogP contribution in [0.4, 0.5) is 11.4 Å². The topological polar surface area (TPSA) is 46.4 Å². The van der Waals surface area contributed by atoms with Crippen molar-refractivity contribution in [1.82, 2.24) is 0 Å². The van der Waals surface area contributed by atoms with E-state index in [1.807, 2.05) is 52.9 Å². The number of nitrogens with zero attached hydrogens (tertiary/aromatic N) is 2. The van der Waals surface area contributed by atoms with Gasteiger partial charge in [0.1, 0.15) is 0 Å². The molecule has 0 N–H and O–H groups in total. The molecule has 0 radical (unpaired) electrons. The lowest BCUT2D eigenvalue weighted by Gasteiger charge is -2.23. The van der Waals surface area contributed by atoms with Crippen molar-refractivity contribution in [2.24, 2.45) is 0 Å². The summed E-state index contributed by atoms with van der Waals surface area (Å²) in [5.41, 5.74) is 2.39. The second-order valence-electron chi connectivity index (χ2n) is 4.39. The maximum absolute atomic E-state index is 10.9. The van der Waals surface area contributed by atoms with Crippen molar-refractivity contribution in [2.75, 3.05) is 11.4 Å². The zero-order chi connectivity index (χ0) is 14.5. The van der Waals surface area contributed by atoms with Gasteiger partial charge < -0.3 is 4.90 Å². The zero-order valence-electron chi connectivity index (χ0n) is 11.1. The average molecular weight is 382 g/mol. The number of nitro benzene ring substituents is 1. The van der Waals surface area contributed by atoms with E-state index in [-0.39, 0.29) is 10.6 Å². The molecule has 0 aliphatic heterocycles. The molecule has 0 aliphatic carbocycles. The summed E-state index contributed by atoms with van der Waals surface area (Å²) in [5, 5.41) is 10.9. The smallest absolute Gasteiger partial charge is 0.282 e. The predicted octanol–water partition coefficient (Wildman–Crippen LogP) is 4.23. The van der Waals surface area contributed by atoms with Gasteiger partial charge in [-0.3, -0.25) is 10.1 Å². The summed E-state index contributed by atoms with van der Waals surface area (Å²) >= 11 is 2.01. The van der Waals surface area contributed by atoms with Crippen molar-refractivity contribution < 1.29 is 4.92 Å². The molecule has 0 aromatic heterocycles. The molecule has 4 nitrogen and oxygen atoms in total. The van der Waals surface area contributed by atoms with Crippen molar-refractivity contribution in [3.63, 3.8) is 0 Å². The van der Waals surface area contributed by atoms with Gasteiger partial charge in [-0.1, -0.05) is 30.3 Å². The summed E-state index contributed by atoms with van der Waals surface area (Å²) in [7, 11) is 0. The van der Waals surface area contributed by atoms with E-state index in [9.17, 15) is 10.1 Å². The molecule has 0 saturated carbocycles. The van der Waals surface area contributed by atoms with Crippen molar-refractivity contribution in [2.45, 2.75) is 13.5 Å². The lowest BCUT2D eigenvalue weighted by atomic mass is 10.2. The highest BCUT2D eigenvalue weighted by Crippen LogP contribution is 2.27. The summed E-state index contributed by atoms with van der Waals surface area (Å²) < 4.78 is 0.664. The molecule has 0 bridgehead atoms. The summed E-state index contributed by atoms with van der Waals surface area (Å²) in [4.78, 5) is 12.7. The molecule has 2 aromatic carbocycles. The van der Waals surface area contributed by atoms with Gasteiger partial charge in [-0.05, 0) is 47.2 Å². The Labute approximate surface area is 131 Å². The van der Waals surface area contributed by atoms with Crippen LogP contribution in [0.3, 0.4) is 0 Å². The van der Waals surface area contributed by atoms with Gasteiger partial charge in [0.05, 0.1) is 8.49 Å². The first kappa shape index (κ1) is 14.8. The van der Waals surface area contributed by atoms with Gasteiger partial charge in [-0.15, -0.1) is 0 Å². The first-order valence-corrected chi connectivity index (χ1v) is 7.42. The second kappa shape index (κ2) is 6.69. The fourth-order valence-electron chi connectivity index (χ4n) is 2.03. The number of hydrogen-bond acceptors (Lipinski definition) is 3. The first-order valence-electron chi connectivity index (χ1n) is 6.34. The Balaban J connectivity index is 2.24. The lowest BCUT2D eigenvalue weighted by Crippen LogP contribution is -2.22. The van der Waals surface area contributed by atoms with E-state index >= 15 is 0 Å². The van der Waals surface area contributed by atoms with E-state index in [2.05, 4.69) is 24.0 Å². The van der Waals surface area contributed by atoms with Gasteiger partial charge >= 0.3 is 0 Å². The van der Waals surface area contributed by atoms with Crippen LogP contribution in [0.5, 0.6) is 0 Å².